The van der Waals surface area contributed by atoms with E-state index in [4.69, 9.17) is 11.6 Å². The first-order chi connectivity index (χ1) is 11.8. The first kappa shape index (κ1) is 18.7. The molecule has 0 amide bonds. The third-order valence-corrected chi connectivity index (χ3v) is 7.23. The zero-order chi connectivity index (χ0) is 18.0. The Morgan fingerprint density at radius 2 is 1.56 bits per heavy atom. The predicted octanol–water partition coefficient (Wildman–Crippen LogP) is 5.72. The third kappa shape index (κ3) is 4.77. The van der Waals surface area contributed by atoms with Crippen LogP contribution in [0.1, 0.15) is 26.3 Å². The number of rotatable bonds is 3. The van der Waals surface area contributed by atoms with E-state index in [1.807, 2.05) is 6.07 Å². The third-order valence-electron chi connectivity index (χ3n) is 4.00. The van der Waals surface area contributed by atoms with Crippen LogP contribution in [0.4, 0.5) is 0 Å². The zero-order valence-electron chi connectivity index (χ0n) is 14.5. The molecular weight excluding hydrogens is 459 g/mol. The van der Waals surface area contributed by atoms with E-state index in [1.165, 1.54) is 20.1 Å². The van der Waals surface area contributed by atoms with Crippen LogP contribution < -0.4 is 8.92 Å². The molecule has 25 heavy (non-hydrogen) atoms. The summed E-state index contributed by atoms with van der Waals surface area (Å²) in [4.78, 5) is 0. The predicted molar refractivity (Wildman–Crippen MR) is 115 cm³/mol. The van der Waals surface area contributed by atoms with Crippen LogP contribution in [0.3, 0.4) is 0 Å². The van der Waals surface area contributed by atoms with Gasteiger partial charge in [0.05, 0.1) is 0 Å². The monoisotopic (exact) mass is 478 g/mol. The van der Waals surface area contributed by atoms with E-state index in [0.717, 1.165) is 15.1 Å². The second-order valence-corrected chi connectivity index (χ2v) is 10.7. The molecule has 0 N–H and O–H groups in total. The first-order valence-electron chi connectivity index (χ1n) is 8.17. The SMILES string of the molecule is CC(C)(C)c1cc(Br)cc([Se]c2ccc(-c3ccccc3)cc2Cl)c1. The molecule has 3 heteroatoms. The Balaban J connectivity index is 1.90. The molecular formula is C22H20BrClSe. The zero-order valence-corrected chi connectivity index (χ0v) is 18.6. The Kier molecular flexibility index (Phi) is 5.75. The average Bonchev–Trinajstić information content (AvgIpc) is 2.56. The summed E-state index contributed by atoms with van der Waals surface area (Å²) in [6.45, 7) is 6.73. The Hall–Kier alpha value is -1.05. The van der Waals surface area contributed by atoms with Gasteiger partial charge in [-0.15, -0.1) is 0 Å². The molecule has 0 aromatic heterocycles. The molecule has 0 atom stereocenters. The quantitative estimate of drug-likeness (QED) is 0.422. The molecule has 128 valence electrons. The van der Waals surface area contributed by atoms with Gasteiger partial charge in [-0.25, -0.2) is 0 Å². The Morgan fingerprint density at radius 3 is 2.20 bits per heavy atom. The van der Waals surface area contributed by atoms with Crippen LogP contribution in [0.25, 0.3) is 11.1 Å². The fourth-order valence-electron chi connectivity index (χ4n) is 2.58. The number of benzene rings is 3. The molecule has 0 nitrogen and oxygen atoms in total. The Bertz CT molecular complexity index is 882. The summed E-state index contributed by atoms with van der Waals surface area (Å²) >= 11 is 10.4. The molecule has 0 spiro atoms. The van der Waals surface area contributed by atoms with Crippen molar-refractivity contribution in [2.45, 2.75) is 26.2 Å². The summed E-state index contributed by atoms with van der Waals surface area (Å²) < 4.78 is 3.68. The molecule has 0 fully saturated rings. The summed E-state index contributed by atoms with van der Waals surface area (Å²) in [7, 11) is 0. The van der Waals surface area contributed by atoms with Crippen LogP contribution in [0.2, 0.25) is 5.02 Å². The number of halogens is 2. The minimum atomic E-state index is 0.134. The summed E-state index contributed by atoms with van der Waals surface area (Å²) in [6.07, 6.45) is 0. The van der Waals surface area contributed by atoms with Crippen molar-refractivity contribution in [1.29, 1.82) is 0 Å². The van der Waals surface area contributed by atoms with Crippen molar-refractivity contribution in [3.05, 3.63) is 81.8 Å². The fourth-order valence-corrected chi connectivity index (χ4v) is 5.72. The molecule has 0 radical (unpaired) electrons. The summed E-state index contributed by atoms with van der Waals surface area (Å²) in [5, 5.41) is 0.846. The summed E-state index contributed by atoms with van der Waals surface area (Å²) in [6, 6.07) is 23.5. The van der Waals surface area contributed by atoms with Gasteiger partial charge in [0.15, 0.2) is 0 Å². The topological polar surface area (TPSA) is 0 Å². The molecule has 0 aliphatic carbocycles. The second-order valence-electron chi connectivity index (χ2n) is 7.04. The van der Waals surface area contributed by atoms with Crippen molar-refractivity contribution in [2.75, 3.05) is 0 Å². The van der Waals surface area contributed by atoms with Gasteiger partial charge in [0.2, 0.25) is 0 Å². The van der Waals surface area contributed by atoms with Crippen molar-refractivity contribution in [3.8, 4) is 11.1 Å². The molecule has 3 aromatic rings. The van der Waals surface area contributed by atoms with Crippen LogP contribution >= 0.6 is 27.5 Å². The van der Waals surface area contributed by atoms with Gasteiger partial charge in [0.25, 0.3) is 0 Å². The summed E-state index contributed by atoms with van der Waals surface area (Å²) in [5.74, 6) is 0. The molecule has 0 aliphatic heterocycles. The number of hydrogen-bond donors (Lipinski definition) is 0. The van der Waals surface area contributed by atoms with Crippen molar-refractivity contribution in [1.82, 2.24) is 0 Å². The molecule has 3 rings (SSSR count). The minimum absolute atomic E-state index is 0.134. The van der Waals surface area contributed by atoms with E-state index in [2.05, 4.69) is 97.4 Å². The van der Waals surface area contributed by atoms with Gasteiger partial charge in [-0.05, 0) is 0 Å². The molecule has 0 heterocycles. The summed E-state index contributed by atoms with van der Waals surface area (Å²) in [5.41, 5.74) is 3.83. The van der Waals surface area contributed by atoms with Crippen molar-refractivity contribution in [3.63, 3.8) is 0 Å². The molecule has 0 aliphatic rings. The normalized spacial score (nSPS) is 11.6. The van der Waals surface area contributed by atoms with E-state index in [0.29, 0.717) is 0 Å². The van der Waals surface area contributed by atoms with Crippen LogP contribution in [0.5, 0.6) is 0 Å². The van der Waals surface area contributed by atoms with E-state index >= 15 is 0 Å². The maximum absolute atomic E-state index is 6.60. The second kappa shape index (κ2) is 7.68. The van der Waals surface area contributed by atoms with E-state index in [9.17, 15) is 0 Å². The van der Waals surface area contributed by atoms with Gasteiger partial charge in [0.1, 0.15) is 0 Å². The van der Waals surface area contributed by atoms with Gasteiger partial charge in [0, 0.05) is 0 Å². The van der Waals surface area contributed by atoms with Gasteiger partial charge < -0.3 is 0 Å². The van der Waals surface area contributed by atoms with E-state index in [-0.39, 0.29) is 20.4 Å². The number of hydrogen-bond acceptors (Lipinski definition) is 0. The van der Waals surface area contributed by atoms with Gasteiger partial charge in [-0.2, -0.15) is 0 Å². The van der Waals surface area contributed by atoms with Gasteiger partial charge in [-0.1, -0.05) is 0 Å². The Morgan fingerprint density at radius 1 is 0.840 bits per heavy atom. The van der Waals surface area contributed by atoms with Crippen molar-refractivity contribution in [2.24, 2.45) is 0 Å². The molecule has 0 saturated heterocycles. The maximum atomic E-state index is 6.60. The van der Waals surface area contributed by atoms with Gasteiger partial charge in [-0.3, -0.25) is 0 Å². The van der Waals surface area contributed by atoms with Crippen molar-refractivity contribution >= 4 is 51.4 Å². The average molecular weight is 479 g/mol. The Labute approximate surface area is 169 Å². The standard InChI is InChI=1S/C22H20BrClSe/c1-22(2,3)17-12-18(23)14-19(13-17)25-21-10-9-16(11-20(21)24)15-7-5-4-6-8-15/h4-14H,1-3H3. The molecule has 0 saturated carbocycles. The fraction of sp³-hybridized carbons (Fsp3) is 0.182. The van der Waals surface area contributed by atoms with Crippen LogP contribution in [-0.4, -0.2) is 15.0 Å². The molecule has 0 bridgehead atoms. The van der Waals surface area contributed by atoms with E-state index < -0.39 is 0 Å². The molecule has 0 unspecified atom stereocenters. The molecule has 3 aromatic carbocycles. The van der Waals surface area contributed by atoms with Crippen molar-refractivity contribution < 1.29 is 0 Å². The van der Waals surface area contributed by atoms with Crippen LogP contribution in [0.15, 0.2) is 71.2 Å². The van der Waals surface area contributed by atoms with Crippen LogP contribution in [0, 0.1) is 0 Å². The van der Waals surface area contributed by atoms with Gasteiger partial charge >= 0.3 is 171 Å². The van der Waals surface area contributed by atoms with Crippen LogP contribution in [-0.2, 0) is 5.41 Å². The first-order valence-corrected chi connectivity index (χ1v) is 11.1. The van der Waals surface area contributed by atoms with E-state index in [1.54, 1.807) is 0 Å².